The van der Waals surface area contributed by atoms with Gasteiger partial charge in [0.15, 0.2) is 12.3 Å². The summed E-state index contributed by atoms with van der Waals surface area (Å²) < 4.78 is 5.62. The molecule has 0 aliphatic carbocycles. The lowest BCUT2D eigenvalue weighted by atomic mass is 10.0. The minimum atomic E-state index is -0.522. The number of nitrogens with one attached hydrogen (secondary N) is 1. The van der Waals surface area contributed by atoms with Gasteiger partial charge in [-0.15, -0.1) is 10.2 Å². The third kappa shape index (κ3) is 4.16. The molecule has 0 saturated carbocycles. The predicted molar refractivity (Wildman–Crippen MR) is 105 cm³/mol. The van der Waals surface area contributed by atoms with Gasteiger partial charge in [0.2, 0.25) is 5.88 Å². The smallest absolute Gasteiger partial charge is 0.302 e. The number of H-pyrrole nitrogens is 1. The van der Waals surface area contributed by atoms with Gasteiger partial charge in [-0.2, -0.15) is 0 Å². The molecule has 1 aromatic heterocycles. The van der Waals surface area contributed by atoms with E-state index < -0.39 is 5.91 Å². The molecule has 0 aliphatic heterocycles. The van der Waals surface area contributed by atoms with Crippen molar-refractivity contribution in [2.45, 2.75) is 33.6 Å². The van der Waals surface area contributed by atoms with Crippen LogP contribution in [-0.4, -0.2) is 22.6 Å². The van der Waals surface area contributed by atoms with Crippen molar-refractivity contribution in [3.63, 3.8) is 0 Å². The van der Waals surface area contributed by atoms with E-state index in [1.54, 1.807) is 0 Å². The summed E-state index contributed by atoms with van der Waals surface area (Å²) in [5, 5.41) is 18.3. The number of carbonyl (C=O) groups excluding carboxylic acids is 1. The van der Waals surface area contributed by atoms with Gasteiger partial charge in [-0.25, -0.2) is 0 Å². The normalized spacial score (nSPS) is 11.6. The second-order valence-corrected chi connectivity index (χ2v) is 6.93. The summed E-state index contributed by atoms with van der Waals surface area (Å²) in [6, 6.07) is 11.6. The predicted octanol–water partition coefficient (Wildman–Crippen LogP) is 5.30. The largest absolute Gasteiger partial charge is 0.493 e. The van der Waals surface area contributed by atoms with Crippen molar-refractivity contribution >= 4 is 22.5 Å². The molecule has 3 aromatic rings. The van der Waals surface area contributed by atoms with E-state index in [1.807, 2.05) is 44.2 Å². The molecule has 140 valence electrons. The lowest BCUT2D eigenvalue weighted by Gasteiger charge is -2.11. The van der Waals surface area contributed by atoms with E-state index in [9.17, 15) is 9.90 Å². The highest BCUT2D eigenvalue weighted by Crippen LogP contribution is 2.35. The Balaban J connectivity index is 1.73. The Kier molecular flexibility index (Phi) is 5.26. The fraction of sp³-hybridized carbons (Fsp3) is 0.286. The average Bonchev–Trinajstić information content (AvgIpc) is 2.93. The molecule has 0 atom stereocenters. The van der Waals surface area contributed by atoms with Crippen molar-refractivity contribution in [1.29, 1.82) is 0 Å². The molecule has 2 N–H and O–H groups in total. The molecule has 6 nitrogen and oxygen atoms in total. The number of aromatic nitrogens is 1. The first kappa shape index (κ1) is 18.6. The molecule has 3 rings (SSSR count). The number of fused-ring (bicyclic) bond motifs is 1. The molecule has 0 unspecified atom stereocenters. The maximum atomic E-state index is 12.1. The topological polar surface area (TPSA) is 87.0 Å². The number of benzene rings is 2. The Hall–Kier alpha value is -3.15. The quantitative estimate of drug-likeness (QED) is 0.601. The van der Waals surface area contributed by atoms with E-state index >= 15 is 0 Å². The van der Waals surface area contributed by atoms with Crippen LogP contribution in [0, 0.1) is 13.8 Å². The Morgan fingerprint density at radius 3 is 2.70 bits per heavy atom. The molecule has 2 aromatic carbocycles. The van der Waals surface area contributed by atoms with Crippen molar-refractivity contribution in [2.24, 2.45) is 10.2 Å². The van der Waals surface area contributed by atoms with Crippen LogP contribution in [0.25, 0.3) is 10.9 Å². The van der Waals surface area contributed by atoms with Gasteiger partial charge in [-0.3, -0.25) is 4.79 Å². The van der Waals surface area contributed by atoms with Crippen LogP contribution in [0.5, 0.6) is 11.6 Å². The lowest BCUT2D eigenvalue weighted by Crippen LogP contribution is -2.09. The first-order valence-corrected chi connectivity index (χ1v) is 8.84. The standard InChI is InChI=1S/C21H23N3O3/c1-12(2)15-7-6-14(4)18(10-15)27-11-19(25)23-24-20-16-9-13(3)5-8-17(16)22-21(20)26/h5-10,12,22,26H,11H2,1-4H3. The molecular formula is C21H23N3O3. The molecule has 0 radical (unpaired) electrons. The monoisotopic (exact) mass is 365 g/mol. The number of nitrogens with zero attached hydrogens (tertiary/aromatic N) is 2. The van der Waals surface area contributed by atoms with Crippen LogP contribution < -0.4 is 4.74 Å². The lowest BCUT2D eigenvalue weighted by molar-refractivity contribution is -0.120. The van der Waals surface area contributed by atoms with Crippen LogP contribution in [-0.2, 0) is 4.79 Å². The van der Waals surface area contributed by atoms with Crippen molar-refractivity contribution in [3.05, 3.63) is 53.1 Å². The SMILES string of the molecule is Cc1ccc2[nH]c(O)c(N=NC(=O)COc3cc(C(C)C)ccc3C)c2c1. The highest BCUT2D eigenvalue weighted by atomic mass is 16.5. The van der Waals surface area contributed by atoms with Gasteiger partial charge in [0.1, 0.15) is 5.75 Å². The molecule has 1 heterocycles. The number of aromatic amines is 1. The van der Waals surface area contributed by atoms with Crippen LogP contribution in [0.15, 0.2) is 46.6 Å². The van der Waals surface area contributed by atoms with Gasteiger partial charge in [0, 0.05) is 5.39 Å². The number of hydrogen-bond acceptors (Lipinski definition) is 4. The molecule has 0 bridgehead atoms. The molecule has 0 aliphatic rings. The molecule has 0 fully saturated rings. The maximum Gasteiger partial charge on any atom is 0.302 e. The van der Waals surface area contributed by atoms with Gasteiger partial charge in [0.25, 0.3) is 0 Å². The number of ether oxygens (including phenoxy) is 1. The number of hydrogen-bond donors (Lipinski definition) is 2. The molecule has 27 heavy (non-hydrogen) atoms. The summed E-state index contributed by atoms with van der Waals surface area (Å²) in [6.45, 7) is 7.86. The van der Waals surface area contributed by atoms with Crippen LogP contribution >= 0.6 is 0 Å². The van der Waals surface area contributed by atoms with Gasteiger partial charge in [-0.1, -0.05) is 37.6 Å². The van der Waals surface area contributed by atoms with E-state index in [-0.39, 0.29) is 18.2 Å². The number of azo groups is 1. The number of aryl methyl sites for hydroxylation is 2. The molecule has 0 spiro atoms. The van der Waals surface area contributed by atoms with Crippen molar-refractivity contribution in [1.82, 2.24) is 4.98 Å². The van der Waals surface area contributed by atoms with E-state index in [4.69, 9.17) is 4.74 Å². The first-order valence-electron chi connectivity index (χ1n) is 8.84. The minimum absolute atomic E-state index is 0.117. The van der Waals surface area contributed by atoms with Crippen molar-refractivity contribution < 1.29 is 14.6 Å². The second-order valence-electron chi connectivity index (χ2n) is 6.93. The highest BCUT2D eigenvalue weighted by Gasteiger charge is 2.12. The summed E-state index contributed by atoms with van der Waals surface area (Å²) in [4.78, 5) is 14.9. The van der Waals surface area contributed by atoms with E-state index in [2.05, 4.69) is 35.1 Å². The Morgan fingerprint density at radius 1 is 1.19 bits per heavy atom. The summed E-state index contributed by atoms with van der Waals surface area (Å²) in [7, 11) is 0. The zero-order chi connectivity index (χ0) is 19.6. The summed E-state index contributed by atoms with van der Waals surface area (Å²) in [6.07, 6.45) is 0. The van der Waals surface area contributed by atoms with E-state index in [0.717, 1.165) is 22.2 Å². The number of carbonyl (C=O) groups is 1. The molecule has 1 amide bonds. The zero-order valence-corrected chi connectivity index (χ0v) is 15.9. The maximum absolute atomic E-state index is 12.1. The van der Waals surface area contributed by atoms with Gasteiger partial charge in [-0.05, 0) is 49.1 Å². The Morgan fingerprint density at radius 2 is 1.96 bits per heavy atom. The van der Waals surface area contributed by atoms with Crippen LogP contribution in [0.4, 0.5) is 5.69 Å². The number of rotatable bonds is 5. The van der Waals surface area contributed by atoms with Crippen LogP contribution in [0.1, 0.15) is 36.5 Å². The third-order valence-corrected chi connectivity index (χ3v) is 4.40. The van der Waals surface area contributed by atoms with Gasteiger partial charge < -0.3 is 14.8 Å². The van der Waals surface area contributed by atoms with Crippen LogP contribution in [0.2, 0.25) is 0 Å². The zero-order valence-electron chi connectivity index (χ0n) is 15.9. The Bertz CT molecular complexity index is 1020. The second kappa shape index (κ2) is 7.61. The van der Waals surface area contributed by atoms with E-state index in [1.165, 1.54) is 0 Å². The summed E-state index contributed by atoms with van der Waals surface area (Å²) >= 11 is 0. The number of amides is 1. The summed E-state index contributed by atoms with van der Waals surface area (Å²) in [5.41, 5.74) is 4.10. The molecular weight excluding hydrogens is 342 g/mol. The highest BCUT2D eigenvalue weighted by molar-refractivity contribution is 5.94. The van der Waals surface area contributed by atoms with Gasteiger partial charge >= 0.3 is 5.91 Å². The minimum Gasteiger partial charge on any atom is -0.493 e. The fourth-order valence-electron chi connectivity index (χ4n) is 2.78. The summed E-state index contributed by atoms with van der Waals surface area (Å²) in [5.74, 6) is 0.395. The average molecular weight is 365 g/mol. The first-order chi connectivity index (χ1) is 12.8. The molecule has 0 saturated heterocycles. The van der Waals surface area contributed by atoms with Gasteiger partial charge in [0.05, 0.1) is 5.52 Å². The van der Waals surface area contributed by atoms with Crippen molar-refractivity contribution in [3.8, 4) is 11.6 Å². The third-order valence-electron chi connectivity index (χ3n) is 4.40. The Labute approximate surface area is 157 Å². The fourth-order valence-corrected chi connectivity index (χ4v) is 2.78. The number of aromatic hydroxyl groups is 1. The van der Waals surface area contributed by atoms with Crippen molar-refractivity contribution in [2.75, 3.05) is 6.61 Å². The van der Waals surface area contributed by atoms with E-state index in [0.29, 0.717) is 17.1 Å². The molecule has 6 heteroatoms. The van der Waals surface area contributed by atoms with Crippen LogP contribution in [0.3, 0.4) is 0 Å².